The summed E-state index contributed by atoms with van der Waals surface area (Å²) in [5.41, 5.74) is -0.256. The van der Waals surface area contributed by atoms with E-state index in [-0.39, 0.29) is 5.54 Å². The van der Waals surface area contributed by atoms with E-state index in [9.17, 15) is 4.79 Å². The molecule has 1 aliphatic carbocycles. The molecule has 0 bridgehead atoms. The molecular weight excluding hydrogens is 252 g/mol. The van der Waals surface area contributed by atoms with Gasteiger partial charge in [0, 0.05) is 6.54 Å². The van der Waals surface area contributed by atoms with Gasteiger partial charge in [0.15, 0.2) is 5.78 Å². The fourth-order valence-electron chi connectivity index (χ4n) is 3.56. The van der Waals surface area contributed by atoms with Crippen molar-refractivity contribution in [3.63, 3.8) is 0 Å². The van der Waals surface area contributed by atoms with Crippen molar-refractivity contribution >= 4 is 5.78 Å². The summed E-state index contributed by atoms with van der Waals surface area (Å²) in [6, 6.07) is 0. The van der Waals surface area contributed by atoms with Gasteiger partial charge in [-0.05, 0) is 32.9 Å². The van der Waals surface area contributed by atoms with Crippen LogP contribution in [0.1, 0.15) is 52.3 Å². The molecule has 0 aliphatic heterocycles. The number of nitrogens with zero attached hydrogens (tertiary/aromatic N) is 4. The first-order chi connectivity index (χ1) is 9.67. The second-order valence-corrected chi connectivity index (χ2v) is 5.50. The molecule has 1 saturated carbocycles. The normalized spacial score (nSPS) is 17.8. The number of aryl methyl sites for hydroxylation is 1. The van der Waals surface area contributed by atoms with Gasteiger partial charge >= 0.3 is 0 Å². The van der Waals surface area contributed by atoms with Crippen LogP contribution in [0.25, 0.3) is 0 Å². The lowest BCUT2D eigenvalue weighted by molar-refractivity contribution is -0.130. The van der Waals surface area contributed by atoms with Crippen molar-refractivity contribution in [2.24, 2.45) is 0 Å². The number of carbonyl (C=O) groups excluding carboxylic acids is 1. The highest BCUT2D eigenvalue weighted by atomic mass is 16.1. The summed E-state index contributed by atoms with van der Waals surface area (Å²) in [5.74, 6) is 1.12. The van der Waals surface area contributed by atoms with E-state index in [0.717, 1.165) is 51.1 Å². The molecule has 112 valence electrons. The zero-order valence-electron chi connectivity index (χ0n) is 12.9. The molecule has 1 aromatic heterocycles. The molecule has 5 nitrogen and oxygen atoms in total. The number of rotatable bonds is 7. The maximum Gasteiger partial charge on any atom is 0.160 e. The largest absolute Gasteiger partial charge is 0.297 e. The van der Waals surface area contributed by atoms with Gasteiger partial charge in [0.2, 0.25) is 0 Å². The van der Waals surface area contributed by atoms with Crippen LogP contribution >= 0.6 is 0 Å². The number of carbonyl (C=O) groups is 1. The summed E-state index contributed by atoms with van der Waals surface area (Å²) in [7, 11) is 0. The quantitative estimate of drug-likeness (QED) is 0.766. The van der Waals surface area contributed by atoms with Crippen LogP contribution in [0.2, 0.25) is 0 Å². The molecule has 1 aliphatic rings. The molecule has 0 spiro atoms. The van der Waals surface area contributed by atoms with Gasteiger partial charge in [-0.3, -0.25) is 9.69 Å². The minimum absolute atomic E-state index is 0.256. The van der Waals surface area contributed by atoms with Crippen molar-refractivity contribution in [2.45, 2.75) is 65.0 Å². The second kappa shape index (κ2) is 6.48. The number of likely N-dealkylation sites (N-methyl/N-ethyl adjacent to an activating group) is 1. The Kier molecular flexibility index (Phi) is 4.91. The number of Topliss-reactive ketones (excluding diaryl/α,β-unsaturated/α-hetero) is 1. The summed E-state index contributed by atoms with van der Waals surface area (Å²) in [4.78, 5) is 19.5. The Labute approximate surface area is 121 Å². The lowest BCUT2D eigenvalue weighted by atomic mass is 9.87. The predicted molar refractivity (Wildman–Crippen MR) is 78.5 cm³/mol. The average Bonchev–Trinajstić information content (AvgIpc) is 3.09. The van der Waals surface area contributed by atoms with Crippen LogP contribution in [0.3, 0.4) is 0 Å². The SMILES string of the molecule is CCN(CC)C1(C(=O)Cc2ncnn2CC)CCCC1. The fourth-order valence-corrected chi connectivity index (χ4v) is 3.56. The monoisotopic (exact) mass is 278 g/mol. The van der Waals surface area contributed by atoms with Gasteiger partial charge in [-0.2, -0.15) is 5.10 Å². The Morgan fingerprint density at radius 3 is 2.50 bits per heavy atom. The zero-order valence-corrected chi connectivity index (χ0v) is 12.9. The minimum Gasteiger partial charge on any atom is -0.297 e. The smallest absolute Gasteiger partial charge is 0.160 e. The average molecular weight is 278 g/mol. The van der Waals surface area contributed by atoms with E-state index in [0.29, 0.717) is 12.2 Å². The van der Waals surface area contributed by atoms with E-state index in [1.54, 1.807) is 6.33 Å². The summed E-state index contributed by atoms with van der Waals surface area (Å²) >= 11 is 0. The third-order valence-electron chi connectivity index (χ3n) is 4.63. The Morgan fingerprint density at radius 2 is 1.95 bits per heavy atom. The van der Waals surface area contributed by atoms with Gasteiger partial charge in [-0.15, -0.1) is 0 Å². The molecule has 0 unspecified atom stereocenters. The zero-order chi connectivity index (χ0) is 14.6. The van der Waals surface area contributed by atoms with E-state index >= 15 is 0 Å². The van der Waals surface area contributed by atoms with Gasteiger partial charge in [-0.25, -0.2) is 9.67 Å². The Morgan fingerprint density at radius 1 is 1.30 bits per heavy atom. The molecule has 0 atom stereocenters. The van der Waals surface area contributed by atoms with Crippen molar-refractivity contribution < 1.29 is 4.79 Å². The highest BCUT2D eigenvalue weighted by molar-refractivity contribution is 5.90. The van der Waals surface area contributed by atoms with E-state index in [1.165, 1.54) is 0 Å². The van der Waals surface area contributed by atoms with Crippen LogP contribution in [-0.4, -0.2) is 44.1 Å². The number of aromatic nitrogens is 3. The van der Waals surface area contributed by atoms with E-state index in [1.807, 2.05) is 11.6 Å². The first-order valence-electron chi connectivity index (χ1n) is 7.83. The molecule has 0 N–H and O–H groups in total. The first kappa shape index (κ1) is 15.2. The molecule has 2 rings (SSSR count). The van der Waals surface area contributed by atoms with Crippen molar-refractivity contribution in [2.75, 3.05) is 13.1 Å². The maximum absolute atomic E-state index is 12.9. The van der Waals surface area contributed by atoms with E-state index in [2.05, 4.69) is 28.8 Å². The van der Waals surface area contributed by atoms with Crippen LogP contribution < -0.4 is 0 Å². The van der Waals surface area contributed by atoms with Gasteiger partial charge in [0.1, 0.15) is 12.2 Å². The first-order valence-corrected chi connectivity index (χ1v) is 7.83. The van der Waals surface area contributed by atoms with Crippen molar-refractivity contribution in [1.29, 1.82) is 0 Å². The van der Waals surface area contributed by atoms with E-state index < -0.39 is 0 Å². The van der Waals surface area contributed by atoms with Crippen molar-refractivity contribution in [3.05, 3.63) is 12.2 Å². The van der Waals surface area contributed by atoms with Crippen LogP contribution in [0.5, 0.6) is 0 Å². The lowest BCUT2D eigenvalue weighted by Gasteiger charge is -2.39. The van der Waals surface area contributed by atoms with Crippen LogP contribution in [0.15, 0.2) is 6.33 Å². The molecule has 20 heavy (non-hydrogen) atoms. The molecule has 0 aromatic carbocycles. The summed E-state index contributed by atoms with van der Waals surface area (Å²) in [6.45, 7) is 8.95. The summed E-state index contributed by atoms with van der Waals surface area (Å²) in [5, 5.41) is 4.16. The molecule has 5 heteroatoms. The van der Waals surface area contributed by atoms with Gasteiger partial charge in [0.25, 0.3) is 0 Å². The predicted octanol–water partition coefficient (Wildman–Crippen LogP) is 2.06. The lowest BCUT2D eigenvalue weighted by Crippen LogP contribution is -2.53. The molecule has 0 saturated heterocycles. The van der Waals surface area contributed by atoms with Crippen LogP contribution in [0.4, 0.5) is 0 Å². The second-order valence-electron chi connectivity index (χ2n) is 5.50. The highest BCUT2D eigenvalue weighted by Gasteiger charge is 2.44. The van der Waals surface area contributed by atoms with Crippen LogP contribution in [-0.2, 0) is 17.8 Å². The van der Waals surface area contributed by atoms with E-state index in [4.69, 9.17) is 0 Å². The third-order valence-corrected chi connectivity index (χ3v) is 4.63. The molecular formula is C15H26N4O. The number of hydrogen-bond donors (Lipinski definition) is 0. The molecule has 0 radical (unpaired) electrons. The molecule has 1 heterocycles. The Bertz CT molecular complexity index is 444. The number of ketones is 1. The molecule has 0 amide bonds. The minimum atomic E-state index is -0.256. The Hall–Kier alpha value is -1.23. The van der Waals surface area contributed by atoms with Crippen LogP contribution in [0, 0.1) is 0 Å². The standard InChI is InChI=1S/C15H26N4O/c1-4-18(5-2)15(9-7-8-10-15)13(20)11-14-16-12-17-19(14)6-3/h12H,4-11H2,1-3H3. The highest BCUT2D eigenvalue weighted by Crippen LogP contribution is 2.36. The van der Waals surface area contributed by atoms with Crippen molar-refractivity contribution in [3.8, 4) is 0 Å². The molecule has 1 aromatic rings. The van der Waals surface area contributed by atoms with Gasteiger partial charge in [-0.1, -0.05) is 26.7 Å². The fraction of sp³-hybridized carbons (Fsp3) is 0.800. The maximum atomic E-state index is 12.9. The summed E-state index contributed by atoms with van der Waals surface area (Å²) < 4.78 is 1.82. The number of hydrogen-bond acceptors (Lipinski definition) is 4. The van der Waals surface area contributed by atoms with Gasteiger partial charge in [0.05, 0.1) is 12.0 Å². The summed E-state index contributed by atoms with van der Waals surface area (Å²) in [6.07, 6.45) is 6.25. The Balaban J connectivity index is 2.19. The van der Waals surface area contributed by atoms with Crippen molar-refractivity contribution in [1.82, 2.24) is 19.7 Å². The topological polar surface area (TPSA) is 51.0 Å². The van der Waals surface area contributed by atoms with Gasteiger partial charge < -0.3 is 0 Å². The molecule has 1 fully saturated rings. The third kappa shape index (κ3) is 2.64.